The molecule has 4 rings (SSSR count). The van der Waals surface area contributed by atoms with Crippen LogP contribution in [0.2, 0.25) is 0 Å². The molecule has 0 bridgehead atoms. The number of furan rings is 1. The Balaban J connectivity index is 1.70. The Hall–Kier alpha value is -2.81. The molecule has 6 nitrogen and oxygen atoms in total. The minimum absolute atomic E-state index is 0.161. The lowest BCUT2D eigenvalue weighted by molar-refractivity contribution is 0.0981. The SMILES string of the molecule is O=C(/C=c1/[nH]c(=O)/c(=C/c2ccnn2C2CC2(F)F)s1)c1ccco1. The normalized spacial score (nSPS) is 20.2. The van der Waals surface area contributed by atoms with Crippen molar-refractivity contribution in [2.45, 2.75) is 18.4 Å². The van der Waals surface area contributed by atoms with Crippen molar-refractivity contribution in [2.24, 2.45) is 0 Å². The lowest BCUT2D eigenvalue weighted by Crippen LogP contribution is -2.20. The number of aromatic nitrogens is 3. The summed E-state index contributed by atoms with van der Waals surface area (Å²) in [6.07, 6.45) is 5.28. The molecule has 128 valence electrons. The third-order valence-corrected chi connectivity index (χ3v) is 4.74. The van der Waals surface area contributed by atoms with E-state index in [0.717, 1.165) is 11.3 Å². The summed E-state index contributed by atoms with van der Waals surface area (Å²) in [6, 6.07) is 3.70. The largest absolute Gasteiger partial charge is 0.461 e. The average Bonchev–Trinajstić information content (AvgIpc) is 3.07. The molecule has 0 radical (unpaired) electrons. The number of thiazole rings is 1. The van der Waals surface area contributed by atoms with Gasteiger partial charge in [0.15, 0.2) is 5.76 Å². The monoisotopic (exact) mass is 363 g/mol. The first-order chi connectivity index (χ1) is 11.9. The van der Waals surface area contributed by atoms with Gasteiger partial charge in [0, 0.05) is 18.7 Å². The van der Waals surface area contributed by atoms with Gasteiger partial charge >= 0.3 is 0 Å². The third-order valence-electron chi connectivity index (χ3n) is 3.77. The van der Waals surface area contributed by atoms with Crippen LogP contribution in [0.15, 0.2) is 39.9 Å². The minimum atomic E-state index is -2.76. The van der Waals surface area contributed by atoms with E-state index in [9.17, 15) is 18.4 Å². The Morgan fingerprint density at radius 2 is 2.28 bits per heavy atom. The number of nitrogens with one attached hydrogen (secondary N) is 1. The molecular weight excluding hydrogens is 352 g/mol. The number of aromatic amines is 1. The Kier molecular flexibility index (Phi) is 3.53. The van der Waals surface area contributed by atoms with Crippen LogP contribution in [0.4, 0.5) is 8.78 Å². The summed E-state index contributed by atoms with van der Waals surface area (Å²) in [5, 5.41) is 3.91. The molecule has 1 saturated carbocycles. The number of nitrogens with zero attached hydrogens (tertiary/aromatic N) is 2. The van der Waals surface area contributed by atoms with Crippen molar-refractivity contribution in [3.05, 3.63) is 61.7 Å². The van der Waals surface area contributed by atoms with Crippen molar-refractivity contribution in [3.63, 3.8) is 0 Å². The Morgan fingerprint density at radius 1 is 1.48 bits per heavy atom. The van der Waals surface area contributed by atoms with Gasteiger partial charge in [-0.1, -0.05) is 0 Å². The van der Waals surface area contributed by atoms with E-state index in [1.165, 1.54) is 35.4 Å². The number of ketones is 1. The highest BCUT2D eigenvalue weighted by molar-refractivity contribution is 7.07. The van der Waals surface area contributed by atoms with Gasteiger partial charge in [0.25, 0.3) is 11.5 Å². The summed E-state index contributed by atoms with van der Waals surface area (Å²) in [6.45, 7) is 0. The summed E-state index contributed by atoms with van der Waals surface area (Å²) in [5.41, 5.74) is 0.0113. The number of Topliss-reactive ketones (excluding diaryl/α,β-unsaturated/α-hetero) is 1. The summed E-state index contributed by atoms with van der Waals surface area (Å²) in [5.74, 6) is -2.98. The maximum absolute atomic E-state index is 13.2. The first-order valence-electron chi connectivity index (χ1n) is 7.36. The van der Waals surface area contributed by atoms with Gasteiger partial charge < -0.3 is 9.40 Å². The molecule has 0 spiro atoms. The number of H-pyrrole nitrogens is 1. The summed E-state index contributed by atoms with van der Waals surface area (Å²) in [4.78, 5) is 26.6. The lowest BCUT2D eigenvalue weighted by Gasteiger charge is -2.01. The smallest absolute Gasteiger partial charge is 0.272 e. The molecule has 3 aromatic rings. The van der Waals surface area contributed by atoms with E-state index in [2.05, 4.69) is 10.1 Å². The molecule has 1 unspecified atom stereocenters. The second kappa shape index (κ2) is 5.62. The lowest BCUT2D eigenvalue weighted by atomic mass is 10.3. The molecule has 1 fully saturated rings. The van der Waals surface area contributed by atoms with Gasteiger partial charge in [0.1, 0.15) is 6.04 Å². The van der Waals surface area contributed by atoms with Gasteiger partial charge in [-0.2, -0.15) is 5.10 Å². The molecule has 1 N–H and O–H groups in total. The van der Waals surface area contributed by atoms with E-state index in [0.29, 0.717) is 14.9 Å². The maximum Gasteiger partial charge on any atom is 0.272 e. The highest BCUT2D eigenvalue weighted by Crippen LogP contribution is 2.52. The van der Waals surface area contributed by atoms with Crippen LogP contribution in [0.3, 0.4) is 0 Å². The summed E-state index contributed by atoms with van der Waals surface area (Å²) in [7, 11) is 0. The van der Waals surface area contributed by atoms with Crippen LogP contribution in [-0.2, 0) is 0 Å². The minimum Gasteiger partial charge on any atom is -0.461 e. The Bertz CT molecular complexity index is 1110. The molecule has 0 amide bonds. The third kappa shape index (κ3) is 2.98. The number of carbonyl (C=O) groups excluding carboxylic acids is 1. The van der Waals surface area contributed by atoms with Crippen molar-refractivity contribution >= 4 is 29.3 Å². The molecule has 25 heavy (non-hydrogen) atoms. The number of hydrogen-bond acceptors (Lipinski definition) is 5. The molecule has 3 heterocycles. The van der Waals surface area contributed by atoms with Crippen molar-refractivity contribution in [3.8, 4) is 0 Å². The van der Waals surface area contributed by atoms with Gasteiger partial charge in [0.2, 0.25) is 5.78 Å². The van der Waals surface area contributed by atoms with Crippen LogP contribution in [0.25, 0.3) is 12.2 Å². The molecule has 1 aliphatic carbocycles. The average molecular weight is 363 g/mol. The van der Waals surface area contributed by atoms with Crippen LogP contribution in [0.1, 0.15) is 28.7 Å². The zero-order valence-corrected chi connectivity index (χ0v) is 13.4. The topological polar surface area (TPSA) is 80.9 Å². The van der Waals surface area contributed by atoms with Crippen molar-refractivity contribution in [2.75, 3.05) is 0 Å². The van der Waals surface area contributed by atoms with Crippen LogP contribution >= 0.6 is 11.3 Å². The van der Waals surface area contributed by atoms with Crippen LogP contribution in [0.5, 0.6) is 0 Å². The second-order valence-corrected chi connectivity index (χ2v) is 6.68. The highest BCUT2D eigenvalue weighted by atomic mass is 32.1. The molecular formula is C16H11F2N3O3S. The zero-order valence-electron chi connectivity index (χ0n) is 12.6. The molecule has 1 aliphatic rings. The molecule has 0 aromatic carbocycles. The van der Waals surface area contributed by atoms with E-state index in [4.69, 9.17) is 4.42 Å². The summed E-state index contributed by atoms with van der Waals surface area (Å²) >= 11 is 1.05. The number of halogens is 2. The van der Waals surface area contributed by atoms with Crippen molar-refractivity contribution in [1.29, 1.82) is 0 Å². The molecule has 1 atom stereocenters. The maximum atomic E-state index is 13.2. The molecule has 0 saturated heterocycles. The standard InChI is InChI=1S/C16H11F2N3O3S/c17-16(18)8-13(16)21-9(3-4-19-21)6-12-15(23)20-14(25-12)7-10(22)11-2-1-5-24-11/h1-7,13H,8H2,(H,20,23)/b12-6-,14-7-. The van der Waals surface area contributed by atoms with Crippen LogP contribution in [0, 0.1) is 0 Å². The van der Waals surface area contributed by atoms with E-state index in [-0.39, 0.29) is 18.0 Å². The van der Waals surface area contributed by atoms with Gasteiger partial charge in [-0.25, -0.2) is 8.78 Å². The first kappa shape index (κ1) is 15.7. The highest BCUT2D eigenvalue weighted by Gasteiger charge is 2.59. The number of carbonyl (C=O) groups is 1. The fourth-order valence-corrected chi connectivity index (χ4v) is 3.30. The number of hydrogen-bond donors (Lipinski definition) is 1. The first-order valence-corrected chi connectivity index (χ1v) is 8.17. The van der Waals surface area contributed by atoms with Crippen molar-refractivity contribution < 1.29 is 18.0 Å². The van der Waals surface area contributed by atoms with E-state index in [1.54, 1.807) is 12.1 Å². The van der Waals surface area contributed by atoms with Crippen LogP contribution < -0.4 is 14.8 Å². The summed E-state index contributed by atoms with van der Waals surface area (Å²) < 4.78 is 33.4. The van der Waals surface area contributed by atoms with E-state index >= 15 is 0 Å². The van der Waals surface area contributed by atoms with Gasteiger partial charge in [-0.05, 0) is 24.3 Å². The predicted molar refractivity (Wildman–Crippen MR) is 86.1 cm³/mol. The Morgan fingerprint density at radius 3 is 2.96 bits per heavy atom. The molecule has 3 aromatic heterocycles. The quantitative estimate of drug-likeness (QED) is 0.709. The predicted octanol–water partition coefficient (Wildman–Crippen LogP) is 1.30. The fraction of sp³-hybridized carbons (Fsp3) is 0.188. The fourth-order valence-electron chi connectivity index (χ4n) is 2.43. The second-order valence-electron chi connectivity index (χ2n) is 5.60. The number of rotatable bonds is 4. The van der Waals surface area contributed by atoms with Gasteiger partial charge in [0.05, 0.1) is 21.2 Å². The van der Waals surface area contributed by atoms with Gasteiger partial charge in [-0.3, -0.25) is 14.3 Å². The zero-order chi connectivity index (χ0) is 17.6. The van der Waals surface area contributed by atoms with Crippen LogP contribution in [-0.4, -0.2) is 26.5 Å². The van der Waals surface area contributed by atoms with Gasteiger partial charge in [-0.15, -0.1) is 11.3 Å². The van der Waals surface area contributed by atoms with E-state index < -0.39 is 17.5 Å². The van der Waals surface area contributed by atoms with Crippen molar-refractivity contribution in [1.82, 2.24) is 14.8 Å². The Labute approximate surface area is 142 Å². The molecule has 9 heteroatoms. The number of alkyl halides is 2. The van der Waals surface area contributed by atoms with E-state index in [1.807, 2.05) is 0 Å². The molecule has 0 aliphatic heterocycles.